The Balaban J connectivity index is 0.00000220. The summed E-state index contributed by atoms with van der Waals surface area (Å²) >= 11 is 0. The number of amides is 1. The average Bonchev–Trinajstić information content (AvgIpc) is 2.51. The Hall–Kier alpha value is -1.10. The summed E-state index contributed by atoms with van der Waals surface area (Å²) in [6, 6.07) is 8.78. The number of nitrogens with two attached hydrogens (primary N) is 1. The maximum Gasteiger partial charge on any atom is 0.225 e. The highest BCUT2D eigenvalue weighted by Crippen LogP contribution is 2.24. The van der Waals surface area contributed by atoms with Gasteiger partial charge in [0.25, 0.3) is 0 Å². The minimum atomic E-state index is -0.180. The van der Waals surface area contributed by atoms with E-state index < -0.39 is 0 Å². The third-order valence-electron chi connectivity index (χ3n) is 4.26. The van der Waals surface area contributed by atoms with Crippen molar-refractivity contribution in [2.75, 3.05) is 20.7 Å². The van der Waals surface area contributed by atoms with E-state index in [2.05, 4.69) is 24.3 Å². The van der Waals surface area contributed by atoms with Crippen molar-refractivity contribution in [3.63, 3.8) is 0 Å². The molecule has 0 aromatic heterocycles. The minimum Gasteiger partial charge on any atom is -0.380 e. The molecular formula is C16H25ClN2O2. The monoisotopic (exact) mass is 312 g/mol. The number of fused-ring (bicyclic) bond motifs is 1. The van der Waals surface area contributed by atoms with Gasteiger partial charge in [-0.05, 0) is 30.4 Å². The Morgan fingerprint density at radius 1 is 1.43 bits per heavy atom. The number of nitrogens with zero attached hydrogens (tertiary/aromatic N) is 1. The van der Waals surface area contributed by atoms with E-state index in [1.165, 1.54) is 11.1 Å². The molecule has 0 saturated heterocycles. The molecule has 0 spiro atoms. The molecule has 0 fully saturated rings. The van der Waals surface area contributed by atoms with Gasteiger partial charge in [-0.15, -0.1) is 12.4 Å². The van der Waals surface area contributed by atoms with Crippen molar-refractivity contribution < 1.29 is 9.53 Å². The summed E-state index contributed by atoms with van der Waals surface area (Å²) in [5.74, 6) is 0.117. The topological polar surface area (TPSA) is 55.6 Å². The molecule has 118 valence electrons. The standard InChI is InChI=1S/C16H24N2O2.ClH/c1-18(16(19)10-15(11-17)20-2)14-8-7-12-5-3-4-6-13(12)9-14;/h3-6,14-15H,7-11,17H2,1-2H3;1H. The van der Waals surface area contributed by atoms with Gasteiger partial charge in [-0.1, -0.05) is 24.3 Å². The fraction of sp³-hybridized carbons (Fsp3) is 0.562. The highest BCUT2D eigenvalue weighted by Gasteiger charge is 2.26. The van der Waals surface area contributed by atoms with Crippen LogP contribution in [0.4, 0.5) is 0 Å². The smallest absolute Gasteiger partial charge is 0.225 e. The minimum absolute atomic E-state index is 0. The largest absolute Gasteiger partial charge is 0.380 e. The molecule has 1 amide bonds. The van der Waals surface area contributed by atoms with Gasteiger partial charge >= 0.3 is 0 Å². The van der Waals surface area contributed by atoms with Gasteiger partial charge in [-0.3, -0.25) is 4.79 Å². The van der Waals surface area contributed by atoms with Crippen molar-refractivity contribution in [2.45, 2.75) is 37.8 Å². The SMILES string of the molecule is COC(CN)CC(=O)N(C)C1CCc2ccccc2C1.Cl. The molecule has 2 unspecified atom stereocenters. The molecule has 0 saturated carbocycles. The van der Waals surface area contributed by atoms with Crippen LogP contribution in [0.25, 0.3) is 0 Å². The van der Waals surface area contributed by atoms with Crippen LogP contribution < -0.4 is 5.73 Å². The molecule has 1 aliphatic carbocycles. The zero-order valence-corrected chi connectivity index (χ0v) is 13.6. The number of ether oxygens (including phenoxy) is 1. The Kier molecular flexibility index (Phi) is 7.15. The summed E-state index contributed by atoms with van der Waals surface area (Å²) in [4.78, 5) is 14.1. The number of rotatable bonds is 5. The van der Waals surface area contributed by atoms with Crippen LogP contribution in [0, 0.1) is 0 Å². The molecule has 2 rings (SSSR count). The van der Waals surface area contributed by atoms with Crippen LogP contribution in [0.5, 0.6) is 0 Å². The fourth-order valence-corrected chi connectivity index (χ4v) is 2.81. The zero-order chi connectivity index (χ0) is 14.5. The molecule has 5 heteroatoms. The predicted octanol–water partition coefficient (Wildman–Crippen LogP) is 1.79. The number of hydrogen-bond donors (Lipinski definition) is 1. The van der Waals surface area contributed by atoms with Crippen molar-refractivity contribution in [1.29, 1.82) is 0 Å². The molecule has 1 aromatic rings. The summed E-state index contributed by atoms with van der Waals surface area (Å²) in [6.45, 7) is 0.379. The highest BCUT2D eigenvalue weighted by atomic mass is 35.5. The summed E-state index contributed by atoms with van der Waals surface area (Å²) in [5.41, 5.74) is 8.36. The summed E-state index contributed by atoms with van der Waals surface area (Å²) < 4.78 is 5.19. The lowest BCUT2D eigenvalue weighted by Gasteiger charge is -2.33. The van der Waals surface area contributed by atoms with Gasteiger partial charge in [0.05, 0.1) is 12.5 Å². The van der Waals surface area contributed by atoms with E-state index in [0.29, 0.717) is 13.0 Å². The Morgan fingerprint density at radius 3 is 2.71 bits per heavy atom. The number of carbonyl (C=O) groups excluding carboxylic acids is 1. The number of likely N-dealkylation sites (N-methyl/N-ethyl adjacent to an activating group) is 1. The number of hydrogen-bond acceptors (Lipinski definition) is 3. The van der Waals surface area contributed by atoms with Gasteiger partial charge in [-0.25, -0.2) is 0 Å². The van der Waals surface area contributed by atoms with Crippen LogP contribution in [0.3, 0.4) is 0 Å². The van der Waals surface area contributed by atoms with Gasteiger partial charge in [-0.2, -0.15) is 0 Å². The average molecular weight is 313 g/mol. The summed E-state index contributed by atoms with van der Waals surface area (Å²) in [5, 5.41) is 0. The molecule has 21 heavy (non-hydrogen) atoms. The molecule has 0 aliphatic heterocycles. The lowest BCUT2D eigenvalue weighted by atomic mass is 9.87. The Labute approximate surface area is 133 Å². The van der Waals surface area contributed by atoms with E-state index >= 15 is 0 Å². The molecule has 0 radical (unpaired) electrons. The van der Waals surface area contributed by atoms with E-state index in [1.807, 2.05) is 11.9 Å². The Bertz CT molecular complexity index is 463. The first-order chi connectivity index (χ1) is 9.65. The maximum atomic E-state index is 12.3. The maximum absolute atomic E-state index is 12.3. The second-order valence-electron chi connectivity index (χ2n) is 5.47. The van der Waals surface area contributed by atoms with Crippen LogP contribution in [-0.4, -0.2) is 43.7 Å². The first-order valence-corrected chi connectivity index (χ1v) is 7.21. The normalized spacial score (nSPS) is 18.3. The van der Waals surface area contributed by atoms with Crippen LogP contribution in [0.15, 0.2) is 24.3 Å². The van der Waals surface area contributed by atoms with Crippen LogP contribution >= 0.6 is 12.4 Å². The van der Waals surface area contributed by atoms with E-state index in [1.54, 1.807) is 7.11 Å². The van der Waals surface area contributed by atoms with E-state index in [0.717, 1.165) is 19.3 Å². The molecule has 2 atom stereocenters. The first-order valence-electron chi connectivity index (χ1n) is 7.21. The second kappa shape index (κ2) is 8.37. The lowest BCUT2D eigenvalue weighted by molar-refractivity contribution is -0.134. The van der Waals surface area contributed by atoms with Crippen LogP contribution in [0.2, 0.25) is 0 Å². The van der Waals surface area contributed by atoms with Crippen molar-refractivity contribution in [3.05, 3.63) is 35.4 Å². The van der Waals surface area contributed by atoms with Gasteiger partial charge < -0.3 is 15.4 Å². The third-order valence-corrected chi connectivity index (χ3v) is 4.26. The van der Waals surface area contributed by atoms with Crippen molar-refractivity contribution in [1.82, 2.24) is 4.90 Å². The number of methoxy groups -OCH3 is 1. The summed E-state index contributed by atoms with van der Waals surface area (Å²) in [7, 11) is 3.49. The predicted molar refractivity (Wildman–Crippen MR) is 86.7 cm³/mol. The van der Waals surface area contributed by atoms with E-state index in [-0.39, 0.29) is 30.5 Å². The molecule has 2 N–H and O–H groups in total. The van der Waals surface area contributed by atoms with Gasteiger partial charge in [0, 0.05) is 26.7 Å². The highest BCUT2D eigenvalue weighted by molar-refractivity contribution is 5.85. The lowest BCUT2D eigenvalue weighted by Crippen LogP contribution is -2.42. The number of aryl methyl sites for hydroxylation is 1. The molecule has 0 heterocycles. The fourth-order valence-electron chi connectivity index (χ4n) is 2.81. The van der Waals surface area contributed by atoms with Crippen LogP contribution in [0.1, 0.15) is 24.0 Å². The quantitative estimate of drug-likeness (QED) is 0.902. The van der Waals surface area contributed by atoms with Crippen molar-refractivity contribution in [2.24, 2.45) is 5.73 Å². The number of benzene rings is 1. The summed E-state index contributed by atoms with van der Waals surface area (Å²) in [6.07, 6.45) is 3.20. The zero-order valence-electron chi connectivity index (χ0n) is 12.7. The van der Waals surface area contributed by atoms with Gasteiger partial charge in [0.15, 0.2) is 0 Å². The van der Waals surface area contributed by atoms with E-state index in [9.17, 15) is 4.79 Å². The molecule has 0 bridgehead atoms. The van der Waals surface area contributed by atoms with E-state index in [4.69, 9.17) is 10.5 Å². The molecule has 4 nitrogen and oxygen atoms in total. The first kappa shape index (κ1) is 18.0. The molecular weight excluding hydrogens is 288 g/mol. The van der Waals surface area contributed by atoms with Crippen LogP contribution in [-0.2, 0) is 22.4 Å². The van der Waals surface area contributed by atoms with Gasteiger partial charge in [0.1, 0.15) is 0 Å². The van der Waals surface area contributed by atoms with Gasteiger partial charge in [0.2, 0.25) is 5.91 Å². The number of carbonyl (C=O) groups is 1. The number of halogens is 1. The molecule has 1 aliphatic rings. The van der Waals surface area contributed by atoms with Crippen molar-refractivity contribution >= 4 is 18.3 Å². The second-order valence-corrected chi connectivity index (χ2v) is 5.47. The molecule has 1 aromatic carbocycles. The van der Waals surface area contributed by atoms with Crippen molar-refractivity contribution in [3.8, 4) is 0 Å². The third kappa shape index (κ3) is 4.43. The Morgan fingerprint density at radius 2 is 2.10 bits per heavy atom.